The molecule has 2 N–H and O–H groups in total. The lowest BCUT2D eigenvalue weighted by Crippen LogP contribution is -2.31. The van der Waals surface area contributed by atoms with Crippen LogP contribution in [0.1, 0.15) is 49.7 Å². The molecule has 0 saturated heterocycles. The molecule has 98 valence electrons. The Balaban J connectivity index is 2.86. The molecule has 1 unspecified atom stereocenters. The highest BCUT2D eigenvalue weighted by Gasteiger charge is 2.19. The fourth-order valence-electron chi connectivity index (χ4n) is 2.32. The van der Waals surface area contributed by atoms with Gasteiger partial charge in [-0.15, -0.1) is 0 Å². The number of hydrogen-bond acceptors (Lipinski definition) is 3. The van der Waals surface area contributed by atoms with E-state index in [0.717, 1.165) is 18.5 Å². The van der Waals surface area contributed by atoms with Crippen molar-refractivity contribution < 1.29 is 5.11 Å². The molecule has 0 aliphatic heterocycles. The third kappa shape index (κ3) is 3.30. The number of nitrogens with zero attached hydrogens (tertiary/aromatic N) is 2. The van der Waals surface area contributed by atoms with Crippen molar-refractivity contribution in [3.8, 4) is 0 Å². The van der Waals surface area contributed by atoms with Gasteiger partial charge in [0.15, 0.2) is 0 Å². The molecule has 0 saturated carbocycles. The summed E-state index contributed by atoms with van der Waals surface area (Å²) in [5.74, 6) is 0. The molecule has 4 nitrogen and oxygen atoms in total. The molecule has 0 spiro atoms. The van der Waals surface area contributed by atoms with Crippen molar-refractivity contribution in [3.05, 3.63) is 17.0 Å². The number of aliphatic hydroxyl groups excluding tert-OH is 1. The van der Waals surface area contributed by atoms with Gasteiger partial charge in [-0.1, -0.05) is 6.92 Å². The van der Waals surface area contributed by atoms with Crippen LogP contribution in [-0.2, 0) is 7.05 Å². The summed E-state index contributed by atoms with van der Waals surface area (Å²) in [6.07, 6.45) is 1.82. The van der Waals surface area contributed by atoms with Crippen molar-refractivity contribution in [3.63, 3.8) is 0 Å². The average Bonchev–Trinajstić information content (AvgIpc) is 2.51. The molecule has 0 radical (unpaired) electrons. The Hall–Kier alpha value is -0.870. The van der Waals surface area contributed by atoms with E-state index in [1.807, 2.05) is 11.7 Å². The van der Waals surface area contributed by atoms with Crippen LogP contribution in [0.3, 0.4) is 0 Å². The molecular formula is C13H25N3O. The second-order valence-electron chi connectivity index (χ2n) is 4.75. The van der Waals surface area contributed by atoms with Crippen molar-refractivity contribution in [2.45, 2.75) is 52.6 Å². The van der Waals surface area contributed by atoms with E-state index in [4.69, 9.17) is 5.11 Å². The molecule has 0 aliphatic carbocycles. The van der Waals surface area contributed by atoms with Crippen LogP contribution in [0.2, 0.25) is 0 Å². The number of aliphatic hydroxyl groups is 1. The highest BCUT2D eigenvalue weighted by atomic mass is 16.3. The first-order chi connectivity index (χ1) is 8.01. The molecule has 0 fully saturated rings. The van der Waals surface area contributed by atoms with E-state index in [2.05, 4.69) is 38.1 Å². The minimum Gasteiger partial charge on any atom is -0.396 e. The van der Waals surface area contributed by atoms with Crippen LogP contribution in [0.15, 0.2) is 0 Å². The number of aryl methyl sites for hydroxylation is 2. The molecule has 0 bridgehead atoms. The third-order valence-corrected chi connectivity index (χ3v) is 3.37. The molecule has 1 aromatic rings. The summed E-state index contributed by atoms with van der Waals surface area (Å²) in [7, 11) is 1.98. The molecule has 0 aliphatic rings. The fraction of sp³-hybridized carbons (Fsp3) is 0.769. The van der Waals surface area contributed by atoms with Crippen LogP contribution in [0.25, 0.3) is 0 Å². The molecule has 17 heavy (non-hydrogen) atoms. The third-order valence-electron chi connectivity index (χ3n) is 3.37. The zero-order valence-electron chi connectivity index (χ0n) is 11.6. The SMILES string of the molecule is CCC(N[C@H](C)CCO)c1c(C)nn(C)c1C. The lowest BCUT2D eigenvalue weighted by molar-refractivity contribution is 0.262. The fourth-order valence-corrected chi connectivity index (χ4v) is 2.32. The quantitative estimate of drug-likeness (QED) is 0.796. The van der Waals surface area contributed by atoms with Crippen molar-refractivity contribution in [2.24, 2.45) is 7.05 Å². The Morgan fingerprint density at radius 3 is 2.47 bits per heavy atom. The summed E-state index contributed by atoms with van der Waals surface area (Å²) in [6.45, 7) is 8.69. The van der Waals surface area contributed by atoms with E-state index >= 15 is 0 Å². The van der Waals surface area contributed by atoms with Gasteiger partial charge in [0.2, 0.25) is 0 Å². The Labute approximate surface area is 104 Å². The second kappa shape index (κ2) is 6.17. The number of hydrogen-bond donors (Lipinski definition) is 2. The lowest BCUT2D eigenvalue weighted by Gasteiger charge is -2.22. The monoisotopic (exact) mass is 239 g/mol. The van der Waals surface area contributed by atoms with Gasteiger partial charge in [0.05, 0.1) is 5.69 Å². The van der Waals surface area contributed by atoms with E-state index in [9.17, 15) is 0 Å². The minimum absolute atomic E-state index is 0.232. The highest BCUT2D eigenvalue weighted by Crippen LogP contribution is 2.24. The molecule has 1 aromatic heterocycles. The van der Waals surface area contributed by atoms with E-state index in [-0.39, 0.29) is 6.61 Å². The summed E-state index contributed by atoms with van der Waals surface area (Å²) in [6, 6.07) is 0.647. The van der Waals surface area contributed by atoms with Crippen LogP contribution < -0.4 is 5.32 Å². The maximum Gasteiger partial charge on any atom is 0.0644 e. The topological polar surface area (TPSA) is 50.1 Å². The van der Waals surface area contributed by atoms with Crippen LogP contribution in [0, 0.1) is 13.8 Å². The normalized spacial score (nSPS) is 14.9. The zero-order valence-corrected chi connectivity index (χ0v) is 11.6. The van der Waals surface area contributed by atoms with Gasteiger partial charge >= 0.3 is 0 Å². The van der Waals surface area contributed by atoms with Gasteiger partial charge in [-0.2, -0.15) is 5.10 Å². The Bertz CT molecular complexity index is 360. The Morgan fingerprint density at radius 2 is 2.06 bits per heavy atom. The number of rotatable bonds is 6. The highest BCUT2D eigenvalue weighted by molar-refractivity contribution is 5.28. The van der Waals surface area contributed by atoms with Crippen molar-refractivity contribution in [1.29, 1.82) is 0 Å². The summed E-state index contributed by atoms with van der Waals surface area (Å²) in [5.41, 5.74) is 3.62. The Kier molecular flexibility index (Phi) is 5.15. The van der Waals surface area contributed by atoms with Crippen molar-refractivity contribution in [2.75, 3.05) is 6.61 Å². The Morgan fingerprint density at radius 1 is 1.41 bits per heavy atom. The lowest BCUT2D eigenvalue weighted by atomic mass is 10.0. The van der Waals surface area contributed by atoms with Gasteiger partial charge < -0.3 is 10.4 Å². The molecular weight excluding hydrogens is 214 g/mol. The van der Waals surface area contributed by atoms with Crippen LogP contribution in [0.4, 0.5) is 0 Å². The van der Waals surface area contributed by atoms with Gasteiger partial charge in [0, 0.05) is 37.0 Å². The molecule has 0 aromatic carbocycles. The summed E-state index contributed by atoms with van der Waals surface area (Å²) in [4.78, 5) is 0. The van der Waals surface area contributed by atoms with E-state index in [1.165, 1.54) is 11.3 Å². The van der Waals surface area contributed by atoms with Gasteiger partial charge in [-0.3, -0.25) is 4.68 Å². The molecule has 1 rings (SSSR count). The summed E-state index contributed by atoms with van der Waals surface area (Å²) in [5, 5.41) is 17.0. The van der Waals surface area contributed by atoms with Gasteiger partial charge in [-0.05, 0) is 33.6 Å². The molecule has 0 amide bonds. The predicted molar refractivity (Wildman–Crippen MR) is 70.0 cm³/mol. The van der Waals surface area contributed by atoms with Gasteiger partial charge in [0.1, 0.15) is 0 Å². The average molecular weight is 239 g/mol. The number of aromatic nitrogens is 2. The largest absolute Gasteiger partial charge is 0.396 e. The van der Waals surface area contributed by atoms with Gasteiger partial charge in [-0.25, -0.2) is 0 Å². The van der Waals surface area contributed by atoms with Crippen LogP contribution >= 0.6 is 0 Å². The smallest absolute Gasteiger partial charge is 0.0644 e. The van der Waals surface area contributed by atoms with Gasteiger partial charge in [0.25, 0.3) is 0 Å². The summed E-state index contributed by atoms with van der Waals surface area (Å²) < 4.78 is 1.94. The maximum absolute atomic E-state index is 8.95. The first-order valence-corrected chi connectivity index (χ1v) is 6.38. The number of nitrogens with one attached hydrogen (secondary N) is 1. The van der Waals surface area contributed by atoms with Crippen molar-refractivity contribution >= 4 is 0 Å². The van der Waals surface area contributed by atoms with E-state index in [0.29, 0.717) is 12.1 Å². The summed E-state index contributed by atoms with van der Waals surface area (Å²) >= 11 is 0. The molecule has 2 atom stereocenters. The van der Waals surface area contributed by atoms with E-state index < -0.39 is 0 Å². The second-order valence-corrected chi connectivity index (χ2v) is 4.75. The molecule has 4 heteroatoms. The van der Waals surface area contributed by atoms with Crippen LogP contribution in [0.5, 0.6) is 0 Å². The zero-order chi connectivity index (χ0) is 13.0. The first-order valence-electron chi connectivity index (χ1n) is 6.38. The first kappa shape index (κ1) is 14.2. The maximum atomic E-state index is 8.95. The van der Waals surface area contributed by atoms with E-state index in [1.54, 1.807) is 0 Å². The van der Waals surface area contributed by atoms with Crippen molar-refractivity contribution in [1.82, 2.24) is 15.1 Å². The van der Waals surface area contributed by atoms with Crippen LogP contribution in [-0.4, -0.2) is 27.5 Å². The predicted octanol–water partition coefficient (Wildman–Crippen LogP) is 1.85. The minimum atomic E-state index is 0.232. The molecule has 1 heterocycles. The standard InChI is InChI=1S/C13H25N3O/c1-6-12(14-9(2)7-8-17)13-10(3)15-16(5)11(13)4/h9,12,14,17H,6-8H2,1-5H3/t9-,12?/m1/s1.